The number of methoxy groups -OCH3 is 1. The number of ether oxygens (including phenoxy) is 2. The van der Waals surface area contributed by atoms with Crippen molar-refractivity contribution in [1.29, 1.82) is 0 Å². The molecule has 0 aliphatic heterocycles. The minimum Gasteiger partial charge on any atom is -0.413 e. The number of nitrogens with zero attached hydrogens (tertiary/aromatic N) is 1. The van der Waals surface area contributed by atoms with Gasteiger partial charge in [-0.15, -0.1) is 0 Å². The van der Waals surface area contributed by atoms with Crippen LogP contribution < -0.4 is 15.2 Å². The maximum Gasteiger partial charge on any atom is 0.416 e. The van der Waals surface area contributed by atoms with E-state index in [-0.39, 0.29) is 23.1 Å². The molecule has 0 aliphatic carbocycles. The van der Waals surface area contributed by atoms with E-state index < -0.39 is 34.1 Å². The highest BCUT2D eigenvalue weighted by molar-refractivity contribution is 6.32. The van der Waals surface area contributed by atoms with Gasteiger partial charge in [0.25, 0.3) is 0 Å². The van der Waals surface area contributed by atoms with E-state index in [4.69, 9.17) is 30.7 Å². The summed E-state index contributed by atoms with van der Waals surface area (Å²) in [5.74, 6) is -2.21. The van der Waals surface area contributed by atoms with Gasteiger partial charge in [-0.2, -0.15) is 13.2 Å². The standard InChI is InChI=1S/C18H14ClF3N2O7/c1-28-9-8-16(17(25)29-15-5-3-2-4-13(15)24(26)27)31-23-30-14-7-6-11(10-12(14)19)18(20,21)22/h2-8,10,23H,9H2,1H3. The van der Waals surface area contributed by atoms with E-state index in [0.717, 1.165) is 24.3 Å². The number of carbonyl (C=O) groups excluding carboxylic acids is 1. The topological polar surface area (TPSA) is 109 Å². The summed E-state index contributed by atoms with van der Waals surface area (Å²) in [6.07, 6.45) is -3.46. The number of nitro benzene ring substituents is 1. The highest BCUT2D eigenvalue weighted by Crippen LogP contribution is 2.34. The summed E-state index contributed by atoms with van der Waals surface area (Å²) in [5.41, 5.74) is 0.447. The van der Waals surface area contributed by atoms with E-state index in [0.29, 0.717) is 6.07 Å². The lowest BCUT2D eigenvalue weighted by atomic mass is 10.2. The molecule has 0 bridgehead atoms. The first kappa shape index (κ1) is 23.9. The smallest absolute Gasteiger partial charge is 0.413 e. The molecular weight excluding hydrogens is 449 g/mol. The average Bonchev–Trinajstić information content (AvgIpc) is 2.70. The summed E-state index contributed by atoms with van der Waals surface area (Å²) in [4.78, 5) is 32.4. The molecule has 0 fully saturated rings. The number of hydrogen-bond acceptors (Lipinski definition) is 8. The summed E-state index contributed by atoms with van der Waals surface area (Å²) in [6, 6.07) is 7.45. The monoisotopic (exact) mass is 462 g/mol. The number of nitro groups is 1. The van der Waals surface area contributed by atoms with Crippen LogP contribution in [-0.2, 0) is 20.5 Å². The first-order valence-electron chi connectivity index (χ1n) is 8.23. The van der Waals surface area contributed by atoms with Crippen LogP contribution >= 0.6 is 11.6 Å². The molecule has 0 radical (unpaired) electrons. The highest BCUT2D eigenvalue weighted by atomic mass is 35.5. The van der Waals surface area contributed by atoms with Gasteiger partial charge in [0, 0.05) is 18.8 Å². The molecule has 2 aromatic rings. The van der Waals surface area contributed by atoms with Crippen LogP contribution in [0.4, 0.5) is 18.9 Å². The summed E-state index contributed by atoms with van der Waals surface area (Å²) in [5, 5.41) is 10.6. The van der Waals surface area contributed by atoms with E-state index in [1.165, 1.54) is 25.3 Å². The molecule has 0 spiro atoms. The second-order valence-corrected chi connectivity index (χ2v) is 5.98. The normalized spacial score (nSPS) is 11.7. The van der Waals surface area contributed by atoms with Crippen molar-refractivity contribution in [3.8, 4) is 11.5 Å². The molecule has 9 nitrogen and oxygen atoms in total. The van der Waals surface area contributed by atoms with Crippen molar-refractivity contribution in [2.75, 3.05) is 13.7 Å². The summed E-state index contributed by atoms with van der Waals surface area (Å²) < 4.78 is 47.8. The number of esters is 1. The van der Waals surface area contributed by atoms with Gasteiger partial charge in [-0.25, -0.2) is 4.79 Å². The molecule has 0 atom stereocenters. The maximum absolute atomic E-state index is 12.7. The fraction of sp³-hybridized carbons (Fsp3) is 0.167. The Labute approximate surface area is 178 Å². The molecule has 0 unspecified atom stereocenters. The molecule has 31 heavy (non-hydrogen) atoms. The molecule has 0 aliphatic rings. The molecule has 2 aromatic carbocycles. The van der Waals surface area contributed by atoms with Crippen LogP contribution in [0.5, 0.6) is 11.5 Å². The Morgan fingerprint density at radius 2 is 1.94 bits per heavy atom. The molecule has 0 saturated carbocycles. The lowest BCUT2D eigenvalue weighted by molar-refractivity contribution is -0.385. The number of nitrogens with one attached hydrogen (secondary N) is 1. The Morgan fingerprint density at radius 3 is 2.55 bits per heavy atom. The molecule has 0 heterocycles. The van der Waals surface area contributed by atoms with Gasteiger partial charge < -0.3 is 19.1 Å². The van der Waals surface area contributed by atoms with E-state index in [2.05, 4.69) is 0 Å². The Morgan fingerprint density at radius 1 is 1.23 bits per heavy atom. The molecule has 0 saturated heterocycles. The fourth-order valence-corrected chi connectivity index (χ4v) is 2.26. The van der Waals surface area contributed by atoms with E-state index in [9.17, 15) is 28.1 Å². The van der Waals surface area contributed by atoms with Crippen molar-refractivity contribution in [2.45, 2.75) is 6.18 Å². The Hall–Kier alpha value is -3.35. The van der Waals surface area contributed by atoms with Crippen molar-refractivity contribution in [2.24, 2.45) is 0 Å². The SMILES string of the molecule is COCC=C(ONOc1ccc(C(F)(F)F)cc1Cl)C(=O)Oc1ccccc1[N+](=O)[O-]. The molecular formula is C18H14ClF3N2O7. The second-order valence-electron chi connectivity index (χ2n) is 5.57. The molecule has 13 heteroatoms. The second kappa shape index (κ2) is 10.6. The van der Waals surface area contributed by atoms with E-state index in [1.54, 1.807) is 0 Å². The fourth-order valence-electron chi connectivity index (χ4n) is 2.04. The van der Waals surface area contributed by atoms with Crippen LogP contribution in [0, 0.1) is 10.1 Å². The number of alkyl halides is 3. The number of para-hydroxylation sites is 2. The summed E-state index contributed by atoms with van der Waals surface area (Å²) in [6.45, 7) is -0.107. The Balaban J connectivity index is 2.07. The number of benzene rings is 2. The minimum absolute atomic E-state index is 0.107. The van der Waals surface area contributed by atoms with Crippen LogP contribution in [0.25, 0.3) is 0 Å². The van der Waals surface area contributed by atoms with Crippen molar-refractivity contribution in [3.63, 3.8) is 0 Å². The third-order valence-electron chi connectivity index (χ3n) is 3.46. The molecule has 1 N–H and O–H groups in total. The Bertz CT molecular complexity index is 983. The van der Waals surface area contributed by atoms with Gasteiger partial charge >= 0.3 is 17.8 Å². The third-order valence-corrected chi connectivity index (χ3v) is 3.76. The van der Waals surface area contributed by atoms with E-state index in [1.807, 2.05) is 5.64 Å². The van der Waals surface area contributed by atoms with Crippen molar-refractivity contribution >= 4 is 23.3 Å². The largest absolute Gasteiger partial charge is 0.416 e. The predicted octanol–water partition coefficient (Wildman–Crippen LogP) is 4.22. The maximum atomic E-state index is 12.7. The predicted molar refractivity (Wildman–Crippen MR) is 100.0 cm³/mol. The number of hydrogen-bond donors (Lipinski definition) is 1. The van der Waals surface area contributed by atoms with Gasteiger partial charge in [-0.3, -0.25) is 10.1 Å². The third kappa shape index (κ3) is 6.84. The summed E-state index contributed by atoms with van der Waals surface area (Å²) in [7, 11) is 1.33. The first-order valence-corrected chi connectivity index (χ1v) is 8.61. The number of rotatable bonds is 9. The van der Waals surface area contributed by atoms with E-state index >= 15 is 0 Å². The molecule has 0 amide bonds. The molecule has 2 rings (SSSR count). The zero-order chi connectivity index (χ0) is 23.0. The van der Waals surface area contributed by atoms with Gasteiger partial charge in [0.05, 0.1) is 22.1 Å². The van der Waals surface area contributed by atoms with Gasteiger partial charge in [-0.05, 0) is 30.3 Å². The zero-order valence-corrected chi connectivity index (χ0v) is 16.4. The number of halogens is 4. The van der Waals surface area contributed by atoms with Gasteiger partial charge in [0.15, 0.2) is 5.75 Å². The van der Waals surface area contributed by atoms with Crippen LogP contribution in [0.3, 0.4) is 0 Å². The van der Waals surface area contributed by atoms with Gasteiger partial charge in [-0.1, -0.05) is 23.7 Å². The zero-order valence-electron chi connectivity index (χ0n) is 15.6. The van der Waals surface area contributed by atoms with Crippen molar-refractivity contribution < 1.29 is 42.0 Å². The lowest BCUT2D eigenvalue weighted by Gasteiger charge is -2.13. The van der Waals surface area contributed by atoms with Crippen molar-refractivity contribution in [3.05, 3.63) is 75.0 Å². The van der Waals surface area contributed by atoms with Gasteiger partial charge in [0.1, 0.15) is 0 Å². The van der Waals surface area contributed by atoms with Crippen LogP contribution in [0.15, 0.2) is 54.3 Å². The van der Waals surface area contributed by atoms with Crippen LogP contribution in [0.2, 0.25) is 5.02 Å². The minimum atomic E-state index is -4.59. The van der Waals surface area contributed by atoms with Crippen LogP contribution in [0.1, 0.15) is 5.56 Å². The number of carbonyl (C=O) groups is 1. The first-order chi connectivity index (χ1) is 14.6. The average molecular weight is 463 g/mol. The lowest BCUT2D eigenvalue weighted by Crippen LogP contribution is -2.25. The van der Waals surface area contributed by atoms with Crippen LogP contribution in [-0.4, -0.2) is 24.6 Å². The molecule has 0 aromatic heterocycles. The molecule has 166 valence electrons. The highest BCUT2D eigenvalue weighted by Gasteiger charge is 2.31. The quantitative estimate of drug-likeness (QED) is 0.147. The summed E-state index contributed by atoms with van der Waals surface area (Å²) >= 11 is 5.74. The van der Waals surface area contributed by atoms with Gasteiger partial charge in [0.2, 0.25) is 11.5 Å². The van der Waals surface area contributed by atoms with Crippen molar-refractivity contribution in [1.82, 2.24) is 5.64 Å². The Kier molecular flexibility index (Phi) is 8.19.